The molecule has 0 unspecified atom stereocenters. The SMILES string of the molecule is CC(C)Oc1ccccc1C(C)(C)ON. The number of hydrogen-bond donors (Lipinski definition) is 1. The largest absolute Gasteiger partial charge is 0.491 e. The zero-order valence-electron chi connectivity index (χ0n) is 9.78. The molecule has 0 radical (unpaired) electrons. The minimum atomic E-state index is -0.536. The Morgan fingerprint density at radius 3 is 2.33 bits per heavy atom. The predicted molar refractivity (Wildman–Crippen MR) is 60.5 cm³/mol. The summed E-state index contributed by atoms with van der Waals surface area (Å²) in [5.41, 5.74) is 0.423. The fourth-order valence-corrected chi connectivity index (χ4v) is 1.38. The number of nitrogens with two attached hydrogens (primary N) is 1. The fraction of sp³-hybridized carbons (Fsp3) is 0.500. The van der Waals surface area contributed by atoms with Crippen LogP contribution in [0.5, 0.6) is 5.75 Å². The first kappa shape index (κ1) is 12.0. The summed E-state index contributed by atoms with van der Waals surface area (Å²) >= 11 is 0. The van der Waals surface area contributed by atoms with Crippen molar-refractivity contribution in [3.8, 4) is 5.75 Å². The molecule has 2 N–H and O–H groups in total. The van der Waals surface area contributed by atoms with E-state index in [1.54, 1.807) is 0 Å². The Bertz CT molecular complexity index is 321. The van der Waals surface area contributed by atoms with E-state index in [-0.39, 0.29) is 6.10 Å². The van der Waals surface area contributed by atoms with Crippen LogP contribution in [0.1, 0.15) is 33.3 Å². The average Bonchev–Trinajstić information content (AvgIpc) is 2.17. The zero-order valence-corrected chi connectivity index (χ0v) is 9.78. The molecule has 1 rings (SSSR count). The van der Waals surface area contributed by atoms with Crippen LogP contribution in [0.15, 0.2) is 24.3 Å². The Morgan fingerprint density at radius 1 is 1.20 bits per heavy atom. The summed E-state index contributed by atoms with van der Waals surface area (Å²) < 4.78 is 5.70. The Labute approximate surface area is 91.1 Å². The number of ether oxygens (including phenoxy) is 1. The molecular weight excluding hydrogens is 190 g/mol. The predicted octanol–water partition coefficient (Wildman–Crippen LogP) is 2.60. The number of hydrogen-bond acceptors (Lipinski definition) is 3. The van der Waals surface area contributed by atoms with E-state index in [2.05, 4.69) is 0 Å². The molecule has 84 valence electrons. The van der Waals surface area contributed by atoms with Gasteiger partial charge in [0.25, 0.3) is 0 Å². The van der Waals surface area contributed by atoms with Gasteiger partial charge in [0, 0.05) is 5.56 Å². The lowest BCUT2D eigenvalue weighted by Crippen LogP contribution is -2.26. The highest BCUT2D eigenvalue weighted by Gasteiger charge is 2.24. The summed E-state index contributed by atoms with van der Waals surface area (Å²) in [6.45, 7) is 7.81. The van der Waals surface area contributed by atoms with Gasteiger partial charge < -0.3 is 4.74 Å². The Kier molecular flexibility index (Phi) is 3.72. The summed E-state index contributed by atoms with van der Waals surface area (Å²) in [4.78, 5) is 4.97. The molecule has 15 heavy (non-hydrogen) atoms. The van der Waals surface area contributed by atoms with Gasteiger partial charge >= 0.3 is 0 Å². The molecule has 0 aliphatic heterocycles. The van der Waals surface area contributed by atoms with Crippen molar-refractivity contribution in [2.24, 2.45) is 5.90 Å². The zero-order chi connectivity index (χ0) is 11.5. The maximum absolute atomic E-state index is 5.70. The van der Waals surface area contributed by atoms with E-state index in [9.17, 15) is 0 Å². The number of benzene rings is 1. The van der Waals surface area contributed by atoms with E-state index in [0.29, 0.717) is 0 Å². The van der Waals surface area contributed by atoms with Crippen molar-refractivity contribution in [1.82, 2.24) is 0 Å². The molecule has 0 heterocycles. The van der Waals surface area contributed by atoms with Crippen LogP contribution >= 0.6 is 0 Å². The van der Waals surface area contributed by atoms with Crippen LogP contribution < -0.4 is 10.6 Å². The van der Waals surface area contributed by atoms with Gasteiger partial charge in [0.15, 0.2) is 0 Å². The van der Waals surface area contributed by atoms with Crippen molar-refractivity contribution in [1.29, 1.82) is 0 Å². The van der Waals surface area contributed by atoms with Gasteiger partial charge in [-0.15, -0.1) is 0 Å². The summed E-state index contributed by atoms with van der Waals surface area (Å²) in [5, 5.41) is 0. The lowest BCUT2D eigenvalue weighted by molar-refractivity contribution is -0.0258. The van der Waals surface area contributed by atoms with Gasteiger partial charge in [0.1, 0.15) is 11.4 Å². The van der Waals surface area contributed by atoms with Gasteiger partial charge in [0.2, 0.25) is 0 Å². The molecular formula is C12H19NO2. The minimum absolute atomic E-state index is 0.139. The van der Waals surface area contributed by atoms with Gasteiger partial charge in [-0.2, -0.15) is 0 Å². The standard InChI is InChI=1S/C12H19NO2/c1-9(2)14-11-8-6-5-7-10(11)12(3,4)15-13/h5-9H,13H2,1-4H3. The van der Waals surface area contributed by atoms with Gasteiger partial charge in [-0.3, -0.25) is 4.84 Å². The van der Waals surface area contributed by atoms with Crippen LogP contribution in [0.3, 0.4) is 0 Å². The molecule has 0 spiro atoms. The van der Waals surface area contributed by atoms with Gasteiger partial charge in [0.05, 0.1) is 6.10 Å². The van der Waals surface area contributed by atoms with E-state index in [0.717, 1.165) is 11.3 Å². The van der Waals surface area contributed by atoms with Crippen molar-refractivity contribution in [3.63, 3.8) is 0 Å². The first-order valence-corrected chi connectivity index (χ1v) is 5.11. The smallest absolute Gasteiger partial charge is 0.125 e. The molecule has 3 nitrogen and oxygen atoms in total. The monoisotopic (exact) mass is 209 g/mol. The molecule has 0 atom stereocenters. The molecule has 0 amide bonds. The quantitative estimate of drug-likeness (QED) is 0.775. The normalized spacial score (nSPS) is 11.9. The van der Waals surface area contributed by atoms with Crippen LogP contribution in [0.2, 0.25) is 0 Å². The average molecular weight is 209 g/mol. The first-order valence-electron chi connectivity index (χ1n) is 5.11. The first-order chi connectivity index (χ1) is 6.97. The maximum Gasteiger partial charge on any atom is 0.125 e. The lowest BCUT2D eigenvalue weighted by atomic mass is 9.97. The second-order valence-electron chi connectivity index (χ2n) is 4.29. The highest BCUT2D eigenvalue weighted by atomic mass is 16.6. The topological polar surface area (TPSA) is 44.5 Å². The van der Waals surface area contributed by atoms with E-state index < -0.39 is 5.60 Å². The van der Waals surface area contributed by atoms with Crippen LogP contribution in [-0.4, -0.2) is 6.10 Å². The van der Waals surface area contributed by atoms with Crippen molar-refractivity contribution in [2.75, 3.05) is 0 Å². The molecule has 1 aromatic rings. The summed E-state index contributed by atoms with van der Waals surface area (Å²) in [7, 11) is 0. The molecule has 0 fully saturated rings. The maximum atomic E-state index is 5.70. The molecule has 0 saturated carbocycles. The third-order valence-corrected chi connectivity index (χ3v) is 2.19. The van der Waals surface area contributed by atoms with Gasteiger partial charge in [-0.05, 0) is 33.8 Å². The third-order valence-electron chi connectivity index (χ3n) is 2.19. The van der Waals surface area contributed by atoms with Crippen LogP contribution in [0.25, 0.3) is 0 Å². The number of rotatable bonds is 4. The molecule has 0 bridgehead atoms. The van der Waals surface area contributed by atoms with Crippen LogP contribution in [0.4, 0.5) is 0 Å². The minimum Gasteiger partial charge on any atom is -0.491 e. The molecule has 0 aromatic heterocycles. The van der Waals surface area contributed by atoms with E-state index in [1.807, 2.05) is 52.0 Å². The Morgan fingerprint density at radius 2 is 1.80 bits per heavy atom. The highest BCUT2D eigenvalue weighted by Crippen LogP contribution is 2.31. The highest BCUT2D eigenvalue weighted by molar-refractivity contribution is 5.37. The van der Waals surface area contributed by atoms with Gasteiger partial charge in [-0.1, -0.05) is 18.2 Å². The van der Waals surface area contributed by atoms with Crippen LogP contribution in [0, 0.1) is 0 Å². The van der Waals surface area contributed by atoms with Crippen molar-refractivity contribution >= 4 is 0 Å². The van der Waals surface area contributed by atoms with E-state index >= 15 is 0 Å². The summed E-state index contributed by atoms with van der Waals surface area (Å²) in [5.74, 6) is 6.10. The fourth-order valence-electron chi connectivity index (χ4n) is 1.38. The second-order valence-corrected chi connectivity index (χ2v) is 4.29. The van der Waals surface area contributed by atoms with Crippen molar-refractivity contribution in [2.45, 2.75) is 39.4 Å². The third kappa shape index (κ3) is 2.94. The Hall–Kier alpha value is -1.06. The molecule has 0 saturated heterocycles. The molecule has 0 aliphatic rings. The number of para-hydroxylation sites is 1. The van der Waals surface area contributed by atoms with Crippen molar-refractivity contribution < 1.29 is 9.57 Å². The summed E-state index contributed by atoms with van der Waals surface area (Å²) in [6.07, 6.45) is 0.139. The molecule has 1 aromatic carbocycles. The van der Waals surface area contributed by atoms with Crippen molar-refractivity contribution in [3.05, 3.63) is 29.8 Å². The molecule has 3 heteroatoms. The van der Waals surface area contributed by atoms with Gasteiger partial charge in [-0.25, -0.2) is 5.90 Å². The van der Waals surface area contributed by atoms with Crippen LogP contribution in [-0.2, 0) is 10.4 Å². The van der Waals surface area contributed by atoms with E-state index in [1.165, 1.54) is 0 Å². The van der Waals surface area contributed by atoms with E-state index in [4.69, 9.17) is 15.5 Å². The second kappa shape index (κ2) is 4.64. The molecule has 0 aliphatic carbocycles. The lowest BCUT2D eigenvalue weighted by Gasteiger charge is -2.25. The summed E-state index contributed by atoms with van der Waals surface area (Å²) in [6, 6.07) is 7.78. The Balaban J connectivity index is 3.06.